The number of ether oxygens (including phenoxy) is 3. The number of carbonyl (C=O) groups excluding carboxylic acids is 1. The SMILES string of the molecule is COc1c(-c2ccc3c(c2)COC2(CCN(C(N)=O)CC2)O3)ccc2cccnc12. The van der Waals surface area contributed by atoms with Crippen LogP contribution in [0.2, 0.25) is 0 Å². The molecule has 7 nitrogen and oxygen atoms in total. The molecule has 2 aromatic carbocycles. The van der Waals surface area contributed by atoms with Crippen LogP contribution in [0.5, 0.6) is 11.5 Å². The molecule has 1 spiro atoms. The van der Waals surface area contributed by atoms with Crippen molar-refractivity contribution < 1.29 is 19.0 Å². The van der Waals surface area contributed by atoms with E-state index in [1.54, 1.807) is 18.2 Å². The molecule has 7 heteroatoms. The number of amides is 2. The molecule has 2 aliphatic rings. The average molecular weight is 405 g/mol. The molecule has 0 unspecified atom stereocenters. The van der Waals surface area contributed by atoms with Crippen molar-refractivity contribution in [1.82, 2.24) is 9.88 Å². The number of hydrogen-bond acceptors (Lipinski definition) is 5. The van der Waals surface area contributed by atoms with E-state index >= 15 is 0 Å². The molecule has 3 aromatic rings. The Bertz CT molecular complexity index is 1120. The van der Waals surface area contributed by atoms with Gasteiger partial charge in [0.05, 0.1) is 13.7 Å². The molecule has 1 fully saturated rings. The lowest BCUT2D eigenvalue weighted by molar-refractivity contribution is -0.225. The first kappa shape index (κ1) is 18.7. The molecule has 2 N–H and O–H groups in total. The summed E-state index contributed by atoms with van der Waals surface area (Å²) in [5.41, 5.74) is 9.20. The van der Waals surface area contributed by atoms with E-state index in [-0.39, 0.29) is 0 Å². The summed E-state index contributed by atoms with van der Waals surface area (Å²) in [4.78, 5) is 17.5. The van der Waals surface area contributed by atoms with E-state index in [1.807, 2.05) is 30.3 Å². The van der Waals surface area contributed by atoms with Crippen LogP contribution in [-0.2, 0) is 11.3 Å². The van der Waals surface area contributed by atoms with Gasteiger partial charge in [0, 0.05) is 48.6 Å². The molecule has 1 saturated heterocycles. The minimum atomic E-state index is -0.689. The van der Waals surface area contributed by atoms with Crippen LogP contribution in [0.15, 0.2) is 48.7 Å². The summed E-state index contributed by atoms with van der Waals surface area (Å²) in [6.07, 6.45) is 2.97. The van der Waals surface area contributed by atoms with E-state index in [1.165, 1.54) is 0 Å². The molecule has 2 aliphatic heterocycles. The topological polar surface area (TPSA) is 86.9 Å². The first-order chi connectivity index (χ1) is 14.6. The van der Waals surface area contributed by atoms with Crippen LogP contribution in [0.1, 0.15) is 18.4 Å². The molecule has 1 aromatic heterocycles. The maximum Gasteiger partial charge on any atom is 0.314 e. The molecule has 0 radical (unpaired) electrons. The fraction of sp³-hybridized carbons (Fsp3) is 0.304. The number of benzene rings is 2. The number of piperidine rings is 1. The lowest BCUT2D eigenvalue weighted by atomic mass is 9.98. The van der Waals surface area contributed by atoms with Crippen LogP contribution in [0.25, 0.3) is 22.0 Å². The van der Waals surface area contributed by atoms with Crippen molar-refractivity contribution in [2.24, 2.45) is 5.73 Å². The zero-order chi connectivity index (χ0) is 20.7. The first-order valence-corrected chi connectivity index (χ1v) is 10.0. The standard InChI is InChI=1S/C23H23N3O4/c1-28-21-18(6-4-15-3-2-10-25-20(15)21)16-5-7-19-17(13-16)14-29-23(30-19)8-11-26(12-9-23)22(24)27/h2-7,10,13H,8-9,11-12,14H2,1H3,(H2,24,27). The van der Waals surface area contributed by atoms with E-state index in [4.69, 9.17) is 19.9 Å². The highest BCUT2D eigenvalue weighted by molar-refractivity contribution is 5.92. The highest BCUT2D eigenvalue weighted by atomic mass is 16.7. The van der Waals surface area contributed by atoms with Gasteiger partial charge in [0.1, 0.15) is 11.3 Å². The van der Waals surface area contributed by atoms with Crippen molar-refractivity contribution in [3.05, 3.63) is 54.2 Å². The van der Waals surface area contributed by atoms with E-state index < -0.39 is 11.8 Å². The molecule has 0 aliphatic carbocycles. The summed E-state index contributed by atoms with van der Waals surface area (Å²) < 4.78 is 18.1. The van der Waals surface area contributed by atoms with Crippen molar-refractivity contribution in [3.8, 4) is 22.6 Å². The molecular formula is C23H23N3O4. The summed E-state index contributed by atoms with van der Waals surface area (Å²) in [6, 6.07) is 13.7. The number of methoxy groups -OCH3 is 1. The van der Waals surface area contributed by atoms with E-state index in [0.29, 0.717) is 32.5 Å². The Balaban J connectivity index is 1.44. The summed E-state index contributed by atoms with van der Waals surface area (Å²) in [7, 11) is 1.67. The third-order valence-corrected chi connectivity index (χ3v) is 5.93. The highest BCUT2D eigenvalue weighted by Crippen LogP contribution is 2.41. The quantitative estimate of drug-likeness (QED) is 0.703. The molecule has 0 atom stereocenters. The van der Waals surface area contributed by atoms with Crippen LogP contribution in [-0.4, -0.2) is 41.9 Å². The molecular weight excluding hydrogens is 382 g/mol. The fourth-order valence-corrected chi connectivity index (χ4v) is 4.26. The fourth-order valence-electron chi connectivity index (χ4n) is 4.26. The largest absolute Gasteiger partial charge is 0.494 e. The monoisotopic (exact) mass is 405 g/mol. The van der Waals surface area contributed by atoms with E-state index in [0.717, 1.165) is 39.1 Å². The van der Waals surface area contributed by atoms with Crippen molar-refractivity contribution >= 4 is 16.9 Å². The molecule has 154 valence electrons. The summed E-state index contributed by atoms with van der Waals surface area (Å²) >= 11 is 0. The second-order valence-electron chi connectivity index (χ2n) is 7.67. The van der Waals surface area contributed by atoms with Gasteiger partial charge in [-0.05, 0) is 29.8 Å². The van der Waals surface area contributed by atoms with Gasteiger partial charge < -0.3 is 24.8 Å². The van der Waals surface area contributed by atoms with Crippen LogP contribution in [0, 0.1) is 0 Å². The Hall–Kier alpha value is -3.32. The maximum absolute atomic E-state index is 11.4. The zero-order valence-electron chi connectivity index (χ0n) is 16.8. The van der Waals surface area contributed by atoms with Gasteiger partial charge in [0.25, 0.3) is 0 Å². The third kappa shape index (κ3) is 3.11. The molecule has 5 rings (SSSR count). The Labute approximate surface area is 174 Å². The Morgan fingerprint density at radius 3 is 2.80 bits per heavy atom. The molecule has 0 saturated carbocycles. The summed E-state index contributed by atoms with van der Waals surface area (Å²) in [6.45, 7) is 1.52. The Kier molecular flexibility index (Phi) is 4.47. The second kappa shape index (κ2) is 7.18. The maximum atomic E-state index is 11.4. The second-order valence-corrected chi connectivity index (χ2v) is 7.67. The minimum absolute atomic E-state index is 0.399. The van der Waals surface area contributed by atoms with Gasteiger partial charge in [-0.15, -0.1) is 0 Å². The summed E-state index contributed by atoms with van der Waals surface area (Å²) in [5.74, 6) is 0.877. The molecule has 30 heavy (non-hydrogen) atoms. The number of primary amides is 1. The first-order valence-electron chi connectivity index (χ1n) is 10.0. The lowest BCUT2D eigenvalue weighted by Gasteiger charge is -2.43. The Morgan fingerprint density at radius 2 is 2.03 bits per heavy atom. The number of carbonyl (C=O) groups is 1. The smallest absolute Gasteiger partial charge is 0.314 e. The van der Waals surface area contributed by atoms with Crippen molar-refractivity contribution in [2.75, 3.05) is 20.2 Å². The van der Waals surface area contributed by atoms with Crippen LogP contribution >= 0.6 is 0 Å². The highest BCUT2D eigenvalue weighted by Gasteiger charge is 2.41. The number of fused-ring (bicyclic) bond motifs is 2. The van der Waals surface area contributed by atoms with E-state index in [9.17, 15) is 4.79 Å². The molecule has 0 bridgehead atoms. The zero-order valence-corrected chi connectivity index (χ0v) is 16.8. The number of urea groups is 1. The van der Waals surface area contributed by atoms with Gasteiger partial charge in [0.2, 0.25) is 5.79 Å². The predicted molar refractivity (Wildman–Crippen MR) is 112 cm³/mol. The number of rotatable bonds is 2. The molecule has 2 amide bonds. The number of nitrogens with zero attached hydrogens (tertiary/aromatic N) is 2. The number of pyridine rings is 1. The number of aromatic nitrogens is 1. The van der Waals surface area contributed by atoms with Crippen LogP contribution in [0.3, 0.4) is 0 Å². The van der Waals surface area contributed by atoms with Crippen LogP contribution < -0.4 is 15.2 Å². The number of likely N-dealkylation sites (tertiary alicyclic amines) is 1. The summed E-state index contributed by atoms with van der Waals surface area (Å²) in [5, 5.41) is 1.03. The lowest BCUT2D eigenvalue weighted by Crippen LogP contribution is -2.53. The predicted octanol–water partition coefficient (Wildman–Crippen LogP) is 3.69. The number of nitrogens with two attached hydrogens (primary N) is 1. The number of hydrogen-bond donors (Lipinski definition) is 1. The van der Waals surface area contributed by atoms with Crippen molar-refractivity contribution in [1.29, 1.82) is 0 Å². The van der Waals surface area contributed by atoms with Gasteiger partial charge in [-0.1, -0.05) is 18.2 Å². The minimum Gasteiger partial charge on any atom is -0.494 e. The normalized spacial score (nSPS) is 17.4. The van der Waals surface area contributed by atoms with Crippen LogP contribution in [0.4, 0.5) is 4.79 Å². The van der Waals surface area contributed by atoms with E-state index in [2.05, 4.69) is 17.1 Å². The Morgan fingerprint density at radius 1 is 1.20 bits per heavy atom. The van der Waals surface area contributed by atoms with Gasteiger partial charge >= 0.3 is 6.03 Å². The third-order valence-electron chi connectivity index (χ3n) is 5.93. The van der Waals surface area contributed by atoms with Gasteiger partial charge in [-0.2, -0.15) is 0 Å². The van der Waals surface area contributed by atoms with Gasteiger partial charge in [-0.3, -0.25) is 4.98 Å². The van der Waals surface area contributed by atoms with Crippen molar-refractivity contribution in [2.45, 2.75) is 25.2 Å². The van der Waals surface area contributed by atoms with Gasteiger partial charge in [-0.25, -0.2) is 4.79 Å². The van der Waals surface area contributed by atoms with Crippen molar-refractivity contribution in [3.63, 3.8) is 0 Å². The average Bonchev–Trinajstić information content (AvgIpc) is 2.78. The van der Waals surface area contributed by atoms with Gasteiger partial charge in [0.15, 0.2) is 5.75 Å². The molecule has 3 heterocycles.